The molecule has 1 saturated heterocycles. The minimum atomic E-state index is -0.749. The summed E-state index contributed by atoms with van der Waals surface area (Å²) in [5.41, 5.74) is 1.01. The minimum absolute atomic E-state index is 0.0762. The number of nitrogens with one attached hydrogen (secondary N) is 1. The van der Waals surface area contributed by atoms with Gasteiger partial charge >= 0.3 is 0 Å². The quantitative estimate of drug-likeness (QED) is 0.846. The number of hydrogen-bond acceptors (Lipinski definition) is 5. The fourth-order valence-corrected chi connectivity index (χ4v) is 3.60. The monoisotopic (exact) mass is 354 g/mol. The van der Waals surface area contributed by atoms with Crippen LogP contribution in [0.5, 0.6) is 0 Å². The van der Waals surface area contributed by atoms with Crippen LogP contribution in [0.25, 0.3) is 11.0 Å². The number of aliphatic imine (C=N–C) groups is 1. The van der Waals surface area contributed by atoms with Crippen LogP contribution in [0, 0.1) is 6.92 Å². The van der Waals surface area contributed by atoms with E-state index in [9.17, 15) is 9.59 Å². The number of piperidine rings is 1. The van der Waals surface area contributed by atoms with Crippen LogP contribution in [0.1, 0.15) is 29.0 Å². The highest BCUT2D eigenvalue weighted by atomic mass is 16.3. The lowest BCUT2D eigenvalue weighted by Gasteiger charge is -2.34. The molecule has 0 saturated carbocycles. The lowest BCUT2D eigenvalue weighted by molar-refractivity contribution is -0.125. The average molecular weight is 354 g/mol. The lowest BCUT2D eigenvalue weighted by atomic mass is 9.88. The number of rotatable bonds is 1. The lowest BCUT2D eigenvalue weighted by Crippen LogP contribution is -2.50. The van der Waals surface area contributed by atoms with Crippen LogP contribution in [0.3, 0.4) is 0 Å². The third kappa shape index (κ3) is 2.55. The van der Waals surface area contributed by atoms with E-state index in [1.807, 2.05) is 39.2 Å². The largest absolute Gasteiger partial charge is 0.451 e. The normalized spacial score (nSPS) is 19.0. The van der Waals surface area contributed by atoms with E-state index in [-0.39, 0.29) is 11.8 Å². The highest BCUT2D eigenvalue weighted by molar-refractivity contribution is 6.07. The molecule has 4 rings (SSSR count). The third-order valence-corrected chi connectivity index (χ3v) is 5.22. The Morgan fingerprint density at radius 2 is 2.04 bits per heavy atom. The first-order valence-corrected chi connectivity index (χ1v) is 8.77. The summed E-state index contributed by atoms with van der Waals surface area (Å²) in [7, 11) is 3.70. The molecule has 2 aliphatic heterocycles. The molecule has 1 aromatic carbocycles. The Labute approximate surface area is 151 Å². The number of para-hydroxylation sites is 1. The van der Waals surface area contributed by atoms with Gasteiger partial charge in [0.05, 0.1) is 0 Å². The van der Waals surface area contributed by atoms with Gasteiger partial charge in [-0.15, -0.1) is 0 Å². The third-order valence-electron chi connectivity index (χ3n) is 5.22. The fraction of sp³-hybridized carbons (Fsp3) is 0.421. The van der Waals surface area contributed by atoms with Crippen LogP contribution in [-0.4, -0.2) is 60.3 Å². The molecule has 0 bridgehead atoms. The number of benzene rings is 1. The summed E-state index contributed by atoms with van der Waals surface area (Å²) in [5, 5.41) is 3.76. The van der Waals surface area contributed by atoms with Gasteiger partial charge in [-0.3, -0.25) is 14.9 Å². The van der Waals surface area contributed by atoms with Gasteiger partial charge in [0, 0.05) is 32.6 Å². The molecule has 0 atom stereocenters. The Morgan fingerprint density at radius 3 is 2.65 bits per heavy atom. The highest BCUT2D eigenvalue weighted by Gasteiger charge is 2.47. The summed E-state index contributed by atoms with van der Waals surface area (Å²) < 4.78 is 5.80. The maximum Gasteiger partial charge on any atom is 0.289 e. The van der Waals surface area contributed by atoms with Crippen LogP contribution >= 0.6 is 0 Å². The average Bonchev–Trinajstić information content (AvgIpc) is 3.19. The van der Waals surface area contributed by atoms with Crippen molar-refractivity contribution in [3.63, 3.8) is 0 Å². The molecule has 7 nitrogen and oxygen atoms in total. The number of fused-ring (bicyclic) bond motifs is 1. The summed E-state index contributed by atoms with van der Waals surface area (Å²) in [4.78, 5) is 33.3. The van der Waals surface area contributed by atoms with E-state index < -0.39 is 5.54 Å². The van der Waals surface area contributed by atoms with Crippen molar-refractivity contribution in [1.29, 1.82) is 0 Å². The van der Waals surface area contributed by atoms with Gasteiger partial charge in [-0.25, -0.2) is 4.99 Å². The second kappa shape index (κ2) is 5.86. The fourth-order valence-electron chi connectivity index (χ4n) is 3.60. The topological polar surface area (TPSA) is 78.2 Å². The second-order valence-corrected chi connectivity index (χ2v) is 7.21. The molecule has 0 radical (unpaired) electrons. The Balaban J connectivity index is 1.52. The molecule has 3 heterocycles. The molecule has 1 spiro atoms. The first-order valence-electron chi connectivity index (χ1n) is 8.77. The second-order valence-electron chi connectivity index (χ2n) is 7.21. The standard InChI is InChI=1S/C19H22N4O3/c1-12-5-4-6-13-11-14(26-15(12)13)16(24)23-9-7-19(8-10-23)17(25)20-18(21-19)22(2)3/h4-6,11H,7-10H2,1-3H3,(H,20,21,25). The predicted octanol–water partition coefficient (Wildman–Crippen LogP) is 1.76. The molecular weight excluding hydrogens is 332 g/mol. The van der Waals surface area contributed by atoms with Crippen molar-refractivity contribution >= 4 is 28.7 Å². The molecule has 2 aromatic rings. The zero-order valence-electron chi connectivity index (χ0n) is 15.2. The number of amides is 2. The number of guanidine groups is 1. The minimum Gasteiger partial charge on any atom is -0.451 e. The molecule has 0 unspecified atom stereocenters. The summed E-state index contributed by atoms with van der Waals surface area (Å²) in [6, 6.07) is 7.64. The van der Waals surface area contributed by atoms with Crippen molar-refractivity contribution in [1.82, 2.24) is 15.1 Å². The zero-order valence-corrected chi connectivity index (χ0v) is 15.2. The van der Waals surface area contributed by atoms with E-state index in [4.69, 9.17) is 4.42 Å². The van der Waals surface area contributed by atoms with Crippen molar-refractivity contribution in [2.45, 2.75) is 25.3 Å². The number of nitrogens with zero attached hydrogens (tertiary/aromatic N) is 3. The molecule has 1 aromatic heterocycles. The number of hydrogen-bond donors (Lipinski definition) is 1. The highest BCUT2D eigenvalue weighted by Crippen LogP contribution is 2.31. The van der Waals surface area contributed by atoms with E-state index in [0.29, 0.717) is 37.7 Å². The molecule has 0 aliphatic carbocycles. The van der Waals surface area contributed by atoms with Gasteiger partial charge in [0.2, 0.25) is 5.96 Å². The number of carbonyl (C=O) groups is 2. The predicted molar refractivity (Wildman–Crippen MR) is 98.1 cm³/mol. The molecule has 2 amide bonds. The first kappa shape index (κ1) is 16.6. The van der Waals surface area contributed by atoms with Crippen LogP contribution in [0.2, 0.25) is 0 Å². The van der Waals surface area contributed by atoms with Crippen molar-refractivity contribution in [2.75, 3.05) is 27.2 Å². The number of likely N-dealkylation sites (tertiary alicyclic amines) is 1. The Hall–Kier alpha value is -2.83. The van der Waals surface area contributed by atoms with Gasteiger partial charge in [-0.05, 0) is 31.4 Å². The molecule has 26 heavy (non-hydrogen) atoms. The smallest absolute Gasteiger partial charge is 0.289 e. The van der Waals surface area contributed by atoms with Crippen molar-refractivity contribution < 1.29 is 14.0 Å². The number of furan rings is 1. The van der Waals surface area contributed by atoms with E-state index in [1.165, 1.54) is 0 Å². The molecule has 1 N–H and O–H groups in total. The molecular formula is C19H22N4O3. The number of aryl methyl sites for hydroxylation is 1. The number of carbonyl (C=O) groups excluding carboxylic acids is 2. The van der Waals surface area contributed by atoms with Crippen LogP contribution in [-0.2, 0) is 4.79 Å². The van der Waals surface area contributed by atoms with E-state index in [2.05, 4.69) is 10.3 Å². The van der Waals surface area contributed by atoms with E-state index in [1.54, 1.807) is 15.9 Å². The SMILES string of the molecule is Cc1cccc2cc(C(=O)N3CCC4(CC3)N=C(N(C)C)NC4=O)oc12. The van der Waals surface area contributed by atoms with Crippen LogP contribution < -0.4 is 5.32 Å². The molecule has 136 valence electrons. The summed E-state index contributed by atoms with van der Waals surface area (Å²) in [6.07, 6.45) is 1.03. The Morgan fingerprint density at radius 1 is 1.31 bits per heavy atom. The maximum atomic E-state index is 12.8. The van der Waals surface area contributed by atoms with Gasteiger partial charge < -0.3 is 14.2 Å². The Bertz CT molecular complexity index is 920. The molecule has 2 aliphatic rings. The molecule has 7 heteroatoms. The summed E-state index contributed by atoms with van der Waals surface area (Å²) >= 11 is 0. The Kier molecular flexibility index (Phi) is 3.75. The zero-order chi connectivity index (χ0) is 18.5. The van der Waals surface area contributed by atoms with Gasteiger partial charge in [0.1, 0.15) is 11.1 Å². The van der Waals surface area contributed by atoms with E-state index in [0.717, 1.165) is 16.5 Å². The van der Waals surface area contributed by atoms with Gasteiger partial charge in [-0.2, -0.15) is 0 Å². The van der Waals surface area contributed by atoms with Crippen molar-refractivity contribution in [3.8, 4) is 0 Å². The van der Waals surface area contributed by atoms with Crippen LogP contribution in [0.4, 0.5) is 0 Å². The van der Waals surface area contributed by atoms with Gasteiger partial charge in [-0.1, -0.05) is 18.2 Å². The van der Waals surface area contributed by atoms with E-state index >= 15 is 0 Å². The first-order chi connectivity index (χ1) is 12.4. The van der Waals surface area contributed by atoms with Crippen LogP contribution in [0.15, 0.2) is 33.7 Å². The van der Waals surface area contributed by atoms with Crippen molar-refractivity contribution in [3.05, 3.63) is 35.6 Å². The molecule has 1 fully saturated rings. The van der Waals surface area contributed by atoms with Gasteiger partial charge in [0.15, 0.2) is 5.76 Å². The summed E-state index contributed by atoms with van der Waals surface area (Å²) in [5.74, 6) is 0.722. The maximum absolute atomic E-state index is 12.8. The van der Waals surface area contributed by atoms with Crippen molar-refractivity contribution in [2.24, 2.45) is 4.99 Å². The summed E-state index contributed by atoms with van der Waals surface area (Å²) in [6.45, 7) is 2.92. The van der Waals surface area contributed by atoms with Gasteiger partial charge in [0.25, 0.3) is 11.8 Å².